The van der Waals surface area contributed by atoms with Crippen molar-refractivity contribution < 1.29 is 24.4 Å². The third-order valence-electron chi connectivity index (χ3n) is 5.79. The lowest BCUT2D eigenvalue weighted by molar-refractivity contribution is -0.385. The Morgan fingerprint density at radius 3 is 2.47 bits per heavy atom. The van der Waals surface area contributed by atoms with Crippen molar-refractivity contribution in [2.45, 2.75) is 25.7 Å². The Morgan fingerprint density at radius 1 is 1.09 bits per heavy atom. The van der Waals surface area contributed by atoms with Crippen molar-refractivity contribution in [2.75, 3.05) is 19.6 Å². The van der Waals surface area contributed by atoms with Crippen molar-refractivity contribution >= 4 is 40.6 Å². The monoisotopic (exact) mass is 481 g/mol. The molecule has 9 nitrogen and oxygen atoms in total. The summed E-state index contributed by atoms with van der Waals surface area (Å²) in [5, 5.41) is 21.4. The van der Waals surface area contributed by atoms with E-state index in [9.17, 15) is 29.6 Å². The molecule has 0 bridgehead atoms. The number of piperidine rings is 1. The second-order valence-corrected chi connectivity index (χ2v) is 9.17. The fraction of sp³-hybridized carbons (Fsp3) is 0.292. The van der Waals surface area contributed by atoms with Gasteiger partial charge in [-0.25, -0.2) is 0 Å². The van der Waals surface area contributed by atoms with Crippen LogP contribution in [0, 0.1) is 10.1 Å². The van der Waals surface area contributed by atoms with Crippen molar-refractivity contribution in [3.8, 4) is 5.75 Å². The van der Waals surface area contributed by atoms with Gasteiger partial charge >= 0.3 is 5.69 Å². The second-order valence-electron chi connectivity index (χ2n) is 8.18. The van der Waals surface area contributed by atoms with Crippen LogP contribution in [0.2, 0.25) is 0 Å². The van der Waals surface area contributed by atoms with Gasteiger partial charge in [0.15, 0.2) is 0 Å². The maximum Gasteiger partial charge on any atom is 0.311 e. The number of rotatable bonds is 6. The molecule has 0 radical (unpaired) electrons. The number of hydrogen-bond acceptors (Lipinski definition) is 7. The highest BCUT2D eigenvalue weighted by atomic mass is 32.2. The first-order valence-corrected chi connectivity index (χ1v) is 11.7. The summed E-state index contributed by atoms with van der Waals surface area (Å²) in [6, 6.07) is 12.2. The van der Waals surface area contributed by atoms with Crippen LogP contribution in [0.3, 0.4) is 0 Å². The van der Waals surface area contributed by atoms with Crippen molar-refractivity contribution in [3.05, 3.63) is 74.2 Å². The summed E-state index contributed by atoms with van der Waals surface area (Å²) >= 11 is 0.645. The van der Waals surface area contributed by atoms with E-state index in [2.05, 4.69) is 0 Å². The van der Waals surface area contributed by atoms with Gasteiger partial charge in [0.05, 0.1) is 9.83 Å². The summed E-state index contributed by atoms with van der Waals surface area (Å²) < 4.78 is 0. The highest BCUT2D eigenvalue weighted by Gasteiger charge is 2.37. The average Bonchev–Trinajstić information content (AvgIpc) is 3.09. The zero-order chi connectivity index (χ0) is 24.2. The molecule has 2 heterocycles. The normalized spacial score (nSPS) is 17.5. The molecular weight excluding hydrogens is 458 g/mol. The Kier molecular flexibility index (Phi) is 6.97. The number of amides is 3. The molecule has 176 valence electrons. The van der Waals surface area contributed by atoms with E-state index in [1.54, 1.807) is 11.0 Å². The van der Waals surface area contributed by atoms with Gasteiger partial charge in [0.25, 0.3) is 11.1 Å². The van der Waals surface area contributed by atoms with Crippen LogP contribution in [-0.4, -0.2) is 56.5 Å². The lowest BCUT2D eigenvalue weighted by Crippen LogP contribution is -2.44. The number of nitrogens with zero attached hydrogens (tertiary/aromatic N) is 3. The van der Waals surface area contributed by atoms with E-state index in [0.717, 1.165) is 29.7 Å². The molecule has 34 heavy (non-hydrogen) atoms. The summed E-state index contributed by atoms with van der Waals surface area (Å²) in [6.45, 7) is 0.870. The minimum atomic E-state index is -0.690. The third kappa shape index (κ3) is 5.12. The molecule has 0 unspecified atom stereocenters. The van der Waals surface area contributed by atoms with Gasteiger partial charge in [-0.3, -0.25) is 29.4 Å². The number of aromatic hydroxyl groups is 1. The predicted octanol–water partition coefficient (Wildman–Crippen LogP) is 3.94. The molecule has 1 N–H and O–H groups in total. The van der Waals surface area contributed by atoms with Crippen LogP contribution in [-0.2, 0) is 16.0 Å². The van der Waals surface area contributed by atoms with Crippen molar-refractivity contribution in [1.29, 1.82) is 0 Å². The Morgan fingerprint density at radius 2 is 1.79 bits per heavy atom. The number of thioether (sulfide) groups is 1. The molecule has 2 aromatic rings. The fourth-order valence-electron chi connectivity index (χ4n) is 4.04. The summed E-state index contributed by atoms with van der Waals surface area (Å²) in [6.07, 6.45) is 4.49. The SMILES string of the molecule is O=C(CN1C(=O)S/C(=C\c2cc(Cc3ccccc3)cc([N+](=O)[O-])c2O)C1=O)N1CCCCC1. The molecule has 0 saturated carbocycles. The number of imide groups is 1. The fourth-order valence-corrected chi connectivity index (χ4v) is 4.87. The van der Waals surface area contributed by atoms with Gasteiger partial charge in [-0.15, -0.1) is 0 Å². The molecule has 0 spiro atoms. The van der Waals surface area contributed by atoms with Gasteiger partial charge in [0, 0.05) is 24.7 Å². The number of hydrogen-bond donors (Lipinski definition) is 1. The molecule has 2 fully saturated rings. The Hall–Kier alpha value is -3.66. The first-order chi connectivity index (χ1) is 16.3. The van der Waals surface area contributed by atoms with Gasteiger partial charge in [-0.05, 0) is 60.7 Å². The van der Waals surface area contributed by atoms with Crippen LogP contribution in [0.25, 0.3) is 6.08 Å². The summed E-state index contributed by atoms with van der Waals surface area (Å²) in [7, 11) is 0. The van der Waals surface area contributed by atoms with Gasteiger partial charge < -0.3 is 10.0 Å². The number of phenolic OH excluding ortho intramolecular Hbond substituents is 1. The molecule has 2 aliphatic heterocycles. The van der Waals surface area contributed by atoms with Crippen LogP contribution in [0.4, 0.5) is 10.5 Å². The molecule has 3 amide bonds. The minimum absolute atomic E-state index is 0.00194. The van der Waals surface area contributed by atoms with Crippen LogP contribution in [0.1, 0.15) is 36.0 Å². The topological polar surface area (TPSA) is 121 Å². The highest BCUT2D eigenvalue weighted by molar-refractivity contribution is 8.18. The van der Waals surface area contributed by atoms with Crippen LogP contribution >= 0.6 is 11.8 Å². The largest absolute Gasteiger partial charge is 0.502 e. The molecular formula is C24H23N3O6S. The Balaban J connectivity index is 1.59. The van der Waals surface area contributed by atoms with Gasteiger partial charge in [-0.2, -0.15) is 0 Å². The number of phenols is 1. The standard InChI is InChI=1S/C24H23N3O6S/c28-21(25-9-5-2-6-10-25)15-26-23(30)20(34-24(26)31)14-18-12-17(11-16-7-3-1-4-8-16)13-19(22(18)29)27(32)33/h1,3-4,7-8,12-14,29H,2,5-6,9-11,15H2/b20-14-. The highest BCUT2D eigenvalue weighted by Crippen LogP contribution is 2.38. The number of benzene rings is 2. The zero-order valence-electron chi connectivity index (χ0n) is 18.3. The smallest absolute Gasteiger partial charge is 0.311 e. The molecule has 0 aliphatic carbocycles. The lowest BCUT2D eigenvalue weighted by atomic mass is 10.0. The lowest BCUT2D eigenvalue weighted by Gasteiger charge is -2.27. The maximum absolute atomic E-state index is 12.9. The number of nitro groups is 1. The molecule has 0 atom stereocenters. The van der Waals surface area contributed by atoms with Gasteiger partial charge in [0.1, 0.15) is 6.54 Å². The van der Waals surface area contributed by atoms with E-state index in [1.807, 2.05) is 30.3 Å². The first kappa shape index (κ1) is 23.5. The molecule has 2 aromatic carbocycles. The van der Waals surface area contributed by atoms with E-state index >= 15 is 0 Å². The molecule has 4 rings (SSSR count). The van der Waals surface area contributed by atoms with Crippen LogP contribution in [0.5, 0.6) is 5.75 Å². The molecule has 10 heteroatoms. The van der Waals surface area contributed by atoms with Gasteiger partial charge in [-0.1, -0.05) is 30.3 Å². The third-order valence-corrected chi connectivity index (χ3v) is 6.70. The number of nitro benzene ring substituents is 1. The van der Waals surface area contributed by atoms with E-state index in [4.69, 9.17) is 0 Å². The van der Waals surface area contributed by atoms with Gasteiger partial charge in [0.2, 0.25) is 11.7 Å². The van der Waals surface area contributed by atoms with Crippen LogP contribution in [0.15, 0.2) is 47.4 Å². The molecule has 0 aromatic heterocycles. The predicted molar refractivity (Wildman–Crippen MR) is 127 cm³/mol. The zero-order valence-corrected chi connectivity index (χ0v) is 19.1. The summed E-state index contributed by atoms with van der Waals surface area (Å²) in [5.41, 5.74) is 1.07. The molecule has 2 aliphatic rings. The number of likely N-dealkylation sites (tertiary alicyclic amines) is 1. The van der Waals surface area contributed by atoms with E-state index in [0.29, 0.717) is 36.8 Å². The maximum atomic E-state index is 12.9. The molecule has 2 saturated heterocycles. The first-order valence-electron chi connectivity index (χ1n) is 10.9. The number of carbonyl (C=O) groups is 3. The minimum Gasteiger partial charge on any atom is -0.502 e. The van der Waals surface area contributed by atoms with Crippen molar-refractivity contribution in [2.24, 2.45) is 0 Å². The van der Waals surface area contributed by atoms with E-state index in [-0.39, 0.29) is 22.9 Å². The van der Waals surface area contributed by atoms with Crippen molar-refractivity contribution in [1.82, 2.24) is 9.80 Å². The Labute approximate surface area is 200 Å². The van der Waals surface area contributed by atoms with E-state index in [1.165, 1.54) is 12.1 Å². The second kappa shape index (κ2) is 10.1. The summed E-state index contributed by atoms with van der Waals surface area (Å²) in [4.78, 5) is 51.2. The summed E-state index contributed by atoms with van der Waals surface area (Å²) in [5.74, 6) is -1.53. The average molecular weight is 482 g/mol. The van der Waals surface area contributed by atoms with E-state index < -0.39 is 27.5 Å². The quantitative estimate of drug-likeness (QED) is 0.377. The van der Waals surface area contributed by atoms with Crippen molar-refractivity contribution in [3.63, 3.8) is 0 Å². The number of carbonyl (C=O) groups excluding carboxylic acids is 3. The Bertz CT molecular complexity index is 1170. The van der Waals surface area contributed by atoms with Crippen LogP contribution < -0.4 is 0 Å².